The van der Waals surface area contributed by atoms with Gasteiger partial charge >= 0.3 is 0 Å². The highest BCUT2D eigenvalue weighted by Crippen LogP contribution is 2.05. The molecule has 1 heterocycles. The maximum absolute atomic E-state index is 11.9. The molecule has 6 heteroatoms. The van der Waals surface area contributed by atoms with E-state index in [1.807, 2.05) is 13.8 Å². The molecule has 1 aliphatic rings. The summed E-state index contributed by atoms with van der Waals surface area (Å²) in [7, 11) is -1.39. The van der Waals surface area contributed by atoms with Crippen LogP contribution in [0.25, 0.3) is 0 Å². The zero-order valence-corrected chi connectivity index (χ0v) is 12.0. The molecule has 17 heavy (non-hydrogen) atoms. The minimum atomic E-state index is -3.07. The van der Waals surface area contributed by atoms with E-state index >= 15 is 0 Å². The number of likely N-dealkylation sites (N-methyl/N-ethyl adjacent to an activating group) is 1. The van der Waals surface area contributed by atoms with Gasteiger partial charge in [-0.2, -0.15) is 0 Å². The van der Waals surface area contributed by atoms with Gasteiger partial charge in [0.25, 0.3) is 0 Å². The summed E-state index contributed by atoms with van der Waals surface area (Å²) < 4.78 is 25.3. The molecule has 0 radical (unpaired) electrons. The van der Waals surface area contributed by atoms with Crippen LogP contribution in [0.15, 0.2) is 0 Å². The first kappa shape index (κ1) is 14.9. The van der Waals surface area contributed by atoms with Crippen molar-refractivity contribution in [2.45, 2.75) is 13.8 Å². The summed E-state index contributed by atoms with van der Waals surface area (Å²) in [6.07, 6.45) is 0. The first-order valence-electron chi connectivity index (χ1n) is 6.29. The maximum atomic E-state index is 11.9. The minimum Gasteiger partial charge on any atom is -0.314 e. The number of hydrogen-bond donors (Lipinski definition) is 1. The van der Waals surface area contributed by atoms with Crippen LogP contribution < -0.4 is 5.32 Å². The van der Waals surface area contributed by atoms with Crippen LogP contribution in [0.4, 0.5) is 0 Å². The van der Waals surface area contributed by atoms with Crippen molar-refractivity contribution < 1.29 is 8.42 Å². The Labute approximate surface area is 105 Å². The molecule has 1 rings (SSSR count). The molecule has 1 fully saturated rings. The standard InChI is InChI=1S/C11H25N3O2S/c1-11(2)10-17(15,16)13(3)8-9-14-6-4-12-5-7-14/h11-12H,4-10H2,1-3H3. The molecule has 0 aliphatic carbocycles. The first-order valence-corrected chi connectivity index (χ1v) is 7.90. The Kier molecular flexibility index (Phi) is 5.85. The van der Waals surface area contributed by atoms with Crippen LogP contribution in [-0.2, 0) is 10.0 Å². The van der Waals surface area contributed by atoms with Gasteiger partial charge in [-0.3, -0.25) is 4.90 Å². The summed E-state index contributed by atoms with van der Waals surface area (Å²) in [6.45, 7) is 9.31. The third-order valence-electron chi connectivity index (χ3n) is 2.96. The molecule has 0 saturated carbocycles. The van der Waals surface area contributed by atoms with Crippen molar-refractivity contribution in [3.05, 3.63) is 0 Å². The molecular weight excluding hydrogens is 238 g/mol. The van der Waals surface area contributed by atoms with Gasteiger partial charge in [0, 0.05) is 46.3 Å². The number of sulfonamides is 1. The van der Waals surface area contributed by atoms with E-state index < -0.39 is 10.0 Å². The summed E-state index contributed by atoms with van der Waals surface area (Å²) in [5.41, 5.74) is 0. The lowest BCUT2D eigenvalue weighted by atomic mass is 10.3. The van der Waals surface area contributed by atoms with Crippen molar-refractivity contribution >= 4 is 10.0 Å². The van der Waals surface area contributed by atoms with E-state index in [2.05, 4.69) is 10.2 Å². The van der Waals surface area contributed by atoms with Gasteiger partial charge in [-0.15, -0.1) is 0 Å². The predicted octanol–water partition coefficient (Wildman–Crippen LogP) is -0.191. The molecule has 0 aromatic rings. The van der Waals surface area contributed by atoms with Crippen molar-refractivity contribution in [3.8, 4) is 0 Å². The molecule has 0 unspecified atom stereocenters. The van der Waals surface area contributed by atoms with E-state index in [9.17, 15) is 8.42 Å². The van der Waals surface area contributed by atoms with E-state index in [1.54, 1.807) is 7.05 Å². The summed E-state index contributed by atoms with van der Waals surface area (Å²) in [5, 5.41) is 3.29. The lowest BCUT2D eigenvalue weighted by molar-refractivity contribution is 0.229. The number of nitrogens with zero attached hydrogens (tertiary/aromatic N) is 2. The minimum absolute atomic E-state index is 0.182. The predicted molar refractivity (Wildman–Crippen MR) is 70.6 cm³/mol. The van der Waals surface area contributed by atoms with Crippen molar-refractivity contribution in [2.75, 3.05) is 52.1 Å². The highest BCUT2D eigenvalue weighted by atomic mass is 32.2. The third kappa shape index (κ3) is 5.33. The SMILES string of the molecule is CC(C)CS(=O)(=O)N(C)CCN1CCNCC1. The van der Waals surface area contributed by atoms with E-state index in [0.717, 1.165) is 32.7 Å². The Morgan fingerprint density at radius 3 is 2.41 bits per heavy atom. The zero-order valence-electron chi connectivity index (χ0n) is 11.1. The zero-order chi connectivity index (χ0) is 12.9. The van der Waals surface area contributed by atoms with Gasteiger partial charge in [0.1, 0.15) is 0 Å². The fourth-order valence-electron chi connectivity index (χ4n) is 1.90. The molecule has 5 nitrogen and oxygen atoms in total. The van der Waals surface area contributed by atoms with Gasteiger partial charge in [0.2, 0.25) is 10.0 Å². The summed E-state index contributed by atoms with van der Waals surface area (Å²) in [6, 6.07) is 0. The van der Waals surface area contributed by atoms with Crippen LogP contribution in [0.1, 0.15) is 13.8 Å². The topological polar surface area (TPSA) is 52.7 Å². The van der Waals surface area contributed by atoms with Crippen LogP contribution in [-0.4, -0.2) is 69.7 Å². The van der Waals surface area contributed by atoms with Crippen molar-refractivity contribution in [2.24, 2.45) is 5.92 Å². The highest BCUT2D eigenvalue weighted by molar-refractivity contribution is 7.89. The largest absolute Gasteiger partial charge is 0.314 e. The van der Waals surface area contributed by atoms with E-state index in [4.69, 9.17) is 0 Å². The highest BCUT2D eigenvalue weighted by Gasteiger charge is 2.20. The Morgan fingerprint density at radius 2 is 1.88 bits per heavy atom. The molecule has 1 saturated heterocycles. The molecule has 0 spiro atoms. The second-order valence-electron chi connectivity index (χ2n) is 5.09. The number of nitrogens with one attached hydrogen (secondary N) is 1. The lowest BCUT2D eigenvalue weighted by Crippen LogP contribution is -2.46. The summed E-state index contributed by atoms with van der Waals surface area (Å²) in [5.74, 6) is 0.423. The Morgan fingerprint density at radius 1 is 1.29 bits per heavy atom. The molecule has 0 aromatic carbocycles. The molecule has 0 aromatic heterocycles. The molecule has 0 amide bonds. The van der Waals surface area contributed by atoms with Crippen molar-refractivity contribution in [1.29, 1.82) is 0 Å². The van der Waals surface area contributed by atoms with Crippen LogP contribution >= 0.6 is 0 Å². The van der Waals surface area contributed by atoms with E-state index in [0.29, 0.717) is 6.54 Å². The van der Waals surface area contributed by atoms with E-state index in [1.165, 1.54) is 4.31 Å². The smallest absolute Gasteiger partial charge is 0.214 e. The van der Waals surface area contributed by atoms with Crippen molar-refractivity contribution in [1.82, 2.24) is 14.5 Å². The number of rotatable bonds is 6. The Hall–Kier alpha value is -0.170. The van der Waals surface area contributed by atoms with E-state index in [-0.39, 0.29) is 11.7 Å². The monoisotopic (exact) mass is 263 g/mol. The number of piperazine rings is 1. The Bertz CT molecular complexity index is 311. The quantitative estimate of drug-likeness (QED) is 0.722. The van der Waals surface area contributed by atoms with Gasteiger partial charge in [0.15, 0.2) is 0 Å². The summed E-state index contributed by atoms with van der Waals surface area (Å²) in [4.78, 5) is 2.30. The van der Waals surface area contributed by atoms with Gasteiger partial charge < -0.3 is 5.32 Å². The third-order valence-corrected chi connectivity index (χ3v) is 5.18. The molecule has 102 valence electrons. The average molecular weight is 263 g/mol. The van der Waals surface area contributed by atoms with Gasteiger partial charge in [-0.05, 0) is 5.92 Å². The van der Waals surface area contributed by atoms with Gasteiger partial charge in [0.05, 0.1) is 5.75 Å². The van der Waals surface area contributed by atoms with Crippen molar-refractivity contribution in [3.63, 3.8) is 0 Å². The maximum Gasteiger partial charge on any atom is 0.214 e. The second-order valence-corrected chi connectivity index (χ2v) is 7.21. The van der Waals surface area contributed by atoms with Crippen LogP contribution in [0.3, 0.4) is 0 Å². The fraction of sp³-hybridized carbons (Fsp3) is 1.00. The van der Waals surface area contributed by atoms with Gasteiger partial charge in [-0.1, -0.05) is 13.8 Å². The van der Waals surface area contributed by atoms with Crippen LogP contribution in [0.2, 0.25) is 0 Å². The molecule has 0 bridgehead atoms. The summed E-state index contributed by atoms with van der Waals surface area (Å²) >= 11 is 0. The van der Waals surface area contributed by atoms with Gasteiger partial charge in [-0.25, -0.2) is 12.7 Å². The molecule has 1 aliphatic heterocycles. The normalized spacial score (nSPS) is 19.1. The fourth-order valence-corrected chi connectivity index (χ4v) is 3.36. The number of hydrogen-bond acceptors (Lipinski definition) is 4. The Balaban J connectivity index is 2.35. The van der Waals surface area contributed by atoms with Crippen LogP contribution in [0.5, 0.6) is 0 Å². The van der Waals surface area contributed by atoms with Crippen LogP contribution in [0, 0.1) is 5.92 Å². The second kappa shape index (κ2) is 6.68. The molecule has 1 N–H and O–H groups in total. The molecule has 0 atom stereocenters. The first-order chi connectivity index (χ1) is 7.92. The molecular formula is C11H25N3O2S. The lowest BCUT2D eigenvalue weighted by Gasteiger charge is -2.29. The average Bonchev–Trinajstić information content (AvgIpc) is 2.25.